The number of amides is 1. The van der Waals surface area contributed by atoms with E-state index in [4.69, 9.17) is 0 Å². The molecule has 2 fully saturated rings. The second-order valence-corrected chi connectivity index (χ2v) is 6.73. The van der Waals surface area contributed by atoms with Gasteiger partial charge in [-0.3, -0.25) is 9.69 Å². The summed E-state index contributed by atoms with van der Waals surface area (Å²) >= 11 is 0. The van der Waals surface area contributed by atoms with Crippen LogP contribution >= 0.6 is 0 Å². The highest BCUT2D eigenvalue weighted by Gasteiger charge is 2.34. The average molecular weight is 278 g/mol. The molecule has 0 aromatic heterocycles. The second kappa shape index (κ2) is 5.28. The Balaban J connectivity index is 1.55. The van der Waals surface area contributed by atoms with E-state index >= 15 is 0 Å². The molecule has 3 rings (SSSR count). The molecular formula is C15H26N4O. The quantitative estimate of drug-likeness (QED) is 0.795. The minimum absolute atomic E-state index is 0.0515. The van der Waals surface area contributed by atoms with Crippen LogP contribution in [0.15, 0.2) is 11.9 Å². The van der Waals surface area contributed by atoms with Crippen molar-refractivity contribution < 1.29 is 4.79 Å². The van der Waals surface area contributed by atoms with Gasteiger partial charge in [-0.05, 0) is 32.6 Å². The number of rotatable bonds is 4. The van der Waals surface area contributed by atoms with Gasteiger partial charge in [0.1, 0.15) is 5.70 Å². The normalized spacial score (nSPS) is 30.6. The van der Waals surface area contributed by atoms with E-state index in [2.05, 4.69) is 41.2 Å². The van der Waals surface area contributed by atoms with Crippen LogP contribution in [0.4, 0.5) is 0 Å². The van der Waals surface area contributed by atoms with Crippen LogP contribution in [0.2, 0.25) is 0 Å². The van der Waals surface area contributed by atoms with Crippen LogP contribution in [0.3, 0.4) is 0 Å². The van der Waals surface area contributed by atoms with Crippen LogP contribution in [0.25, 0.3) is 0 Å². The summed E-state index contributed by atoms with van der Waals surface area (Å²) in [5.41, 5.74) is 0.729. The molecule has 2 N–H and O–H groups in total. The lowest BCUT2D eigenvalue weighted by Crippen LogP contribution is -2.42. The van der Waals surface area contributed by atoms with Gasteiger partial charge in [-0.1, -0.05) is 6.92 Å². The van der Waals surface area contributed by atoms with Gasteiger partial charge in [0.15, 0.2) is 0 Å². The first-order valence-electron chi connectivity index (χ1n) is 7.81. The summed E-state index contributed by atoms with van der Waals surface area (Å²) in [5, 5.41) is 6.41. The first-order valence-corrected chi connectivity index (χ1v) is 7.81. The molecule has 5 heteroatoms. The molecule has 1 aliphatic carbocycles. The molecule has 0 aromatic rings. The molecule has 2 heterocycles. The predicted octanol–water partition coefficient (Wildman–Crippen LogP) is 0.698. The molecule has 20 heavy (non-hydrogen) atoms. The monoisotopic (exact) mass is 278 g/mol. The molecule has 3 aliphatic rings. The first-order chi connectivity index (χ1) is 9.54. The molecule has 0 bridgehead atoms. The Morgan fingerprint density at radius 1 is 1.40 bits per heavy atom. The standard InChI is InChI=1S/C15H26N4O/c1-10(2)18-6-11(3)13(7-18)17-15(20)14-8-19(9-16-14)12-4-5-12/h8,10-13,16H,4-7,9H2,1-3H3,(H,17,20)/t11-,13+/m0/s1. The maximum absolute atomic E-state index is 12.3. The fraction of sp³-hybridized carbons (Fsp3) is 0.800. The van der Waals surface area contributed by atoms with Crippen molar-refractivity contribution in [1.29, 1.82) is 0 Å². The van der Waals surface area contributed by atoms with Gasteiger partial charge in [0.2, 0.25) is 0 Å². The molecule has 2 aliphatic heterocycles. The number of nitrogens with one attached hydrogen (secondary N) is 2. The van der Waals surface area contributed by atoms with Crippen molar-refractivity contribution in [3.63, 3.8) is 0 Å². The third kappa shape index (κ3) is 2.77. The van der Waals surface area contributed by atoms with E-state index < -0.39 is 0 Å². The van der Waals surface area contributed by atoms with Gasteiger partial charge in [0.25, 0.3) is 5.91 Å². The van der Waals surface area contributed by atoms with Gasteiger partial charge < -0.3 is 15.5 Å². The van der Waals surface area contributed by atoms with Crippen LogP contribution in [0.5, 0.6) is 0 Å². The molecule has 1 saturated carbocycles. The summed E-state index contributed by atoms with van der Waals surface area (Å²) < 4.78 is 0. The Hall–Kier alpha value is -1.23. The molecule has 112 valence electrons. The Kier molecular flexibility index (Phi) is 3.63. The smallest absolute Gasteiger partial charge is 0.269 e. The largest absolute Gasteiger partial charge is 0.362 e. The Labute approximate surface area is 121 Å². The lowest BCUT2D eigenvalue weighted by molar-refractivity contribution is -0.118. The van der Waals surface area contributed by atoms with Gasteiger partial charge in [0.05, 0.1) is 6.67 Å². The summed E-state index contributed by atoms with van der Waals surface area (Å²) in [6.45, 7) is 9.47. The first kappa shape index (κ1) is 13.7. The van der Waals surface area contributed by atoms with Crippen LogP contribution < -0.4 is 10.6 Å². The van der Waals surface area contributed by atoms with Crippen LogP contribution in [-0.2, 0) is 4.79 Å². The lowest BCUT2D eigenvalue weighted by Gasteiger charge is -2.20. The number of hydrogen-bond donors (Lipinski definition) is 2. The van der Waals surface area contributed by atoms with Gasteiger partial charge >= 0.3 is 0 Å². The number of likely N-dealkylation sites (tertiary alicyclic amines) is 1. The zero-order valence-electron chi connectivity index (χ0n) is 12.7. The molecule has 0 unspecified atom stereocenters. The topological polar surface area (TPSA) is 47.6 Å². The van der Waals surface area contributed by atoms with Crippen molar-refractivity contribution in [2.45, 2.75) is 51.7 Å². The summed E-state index contributed by atoms with van der Waals surface area (Å²) in [6, 6.07) is 1.48. The highest BCUT2D eigenvalue weighted by atomic mass is 16.2. The van der Waals surface area contributed by atoms with Gasteiger partial charge in [-0.15, -0.1) is 0 Å². The summed E-state index contributed by atoms with van der Waals surface area (Å²) in [4.78, 5) is 17.0. The fourth-order valence-corrected chi connectivity index (χ4v) is 3.07. The van der Waals surface area contributed by atoms with Crippen LogP contribution in [0, 0.1) is 5.92 Å². The van der Waals surface area contributed by atoms with Crippen molar-refractivity contribution in [2.24, 2.45) is 5.92 Å². The summed E-state index contributed by atoms with van der Waals surface area (Å²) in [5.74, 6) is 0.568. The molecule has 1 saturated heterocycles. The third-order valence-corrected chi connectivity index (χ3v) is 4.69. The minimum atomic E-state index is 0.0515. The predicted molar refractivity (Wildman–Crippen MR) is 78.8 cm³/mol. The molecule has 5 nitrogen and oxygen atoms in total. The SMILES string of the molecule is CC(C)N1C[C@H](C)[C@H](NC(=O)C2=CN(C3CC3)CN2)C1. The Morgan fingerprint density at radius 2 is 2.15 bits per heavy atom. The zero-order chi connectivity index (χ0) is 14.3. The van der Waals surface area contributed by atoms with E-state index in [9.17, 15) is 4.79 Å². The highest BCUT2D eigenvalue weighted by Crippen LogP contribution is 2.28. The highest BCUT2D eigenvalue weighted by molar-refractivity contribution is 5.93. The summed E-state index contributed by atoms with van der Waals surface area (Å²) in [6.07, 6.45) is 4.51. The number of carbonyl (C=O) groups excluding carboxylic acids is 1. The van der Waals surface area contributed by atoms with Gasteiger partial charge in [-0.25, -0.2) is 0 Å². The van der Waals surface area contributed by atoms with Crippen molar-refractivity contribution >= 4 is 5.91 Å². The van der Waals surface area contributed by atoms with Crippen LogP contribution in [-0.4, -0.2) is 53.6 Å². The molecule has 0 aromatic carbocycles. The van der Waals surface area contributed by atoms with Crippen molar-refractivity contribution in [3.8, 4) is 0 Å². The lowest BCUT2D eigenvalue weighted by atomic mass is 10.1. The minimum Gasteiger partial charge on any atom is -0.362 e. The zero-order valence-corrected chi connectivity index (χ0v) is 12.7. The number of nitrogens with zero attached hydrogens (tertiary/aromatic N) is 2. The van der Waals surface area contributed by atoms with Crippen molar-refractivity contribution in [1.82, 2.24) is 20.4 Å². The maximum Gasteiger partial charge on any atom is 0.269 e. The van der Waals surface area contributed by atoms with Crippen LogP contribution in [0.1, 0.15) is 33.6 Å². The van der Waals surface area contributed by atoms with E-state index in [1.165, 1.54) is 12.8 Å². The van der Waals surface area contributed by atoms with Crippen molar-refractivity contribution in [3.05, 3.63) is 11.9 Å². The Morgan fingerprint density at radius 3 is 2.75 bits per heavy atom. The van der Waals surface area contributed by atoms with E-state index in [0.717, 1.165) is 25.5 Å². The number of carbonyl (C=O) groups is 1. The van der Waals surface area contributed by atoms with E-state index in [-0.39, 0.29) is 11.9 Å². The molecule has 0 spiro atoms. The fourth-order valence-electron chi connectivity index (χ4n) is 3.07. The van der Waals surface area contributed by atoms with E-state index in [1.807, 2.05) is 6.20 Å². The molecular weight excluding hydrogens is 252 g/mol. The average Bonchev–Trinajstić information content (AvgIpc) is 3.01. The van der Waals surface area contributed by atoms with Gasteiger partial charge in [-0.2, -0.15) is 0 Å². The molecule has 0 radical (unpaired) electrons. The summed E-state index contributed by atoms with van der Waals surface area (Å²) in [7, 11) is 0. The molecule has 2 atom stereocenters. The molecule has 1 amide bonds. The van der Waals surface area contributed by atoms with E-state index in [1.54, 1.807) is 0 Å². The van der Waals surface area contributed by atoms with Crippen molar-refractivity contribution in [2.75, 3.05) is 19.8 Å². The maximum atomic E-state index is 12.3. The Bertz CT molecular complexity index is 416. The van der Waals surface area contributed by atoms with Gasteiger partial charge in [0, 0.05) is 37.4 Å². The third-order valence-electron chi connectivity index (χ3n) is 4.69. The number of hydrogen-bond acceptors (Lipinski definition) is 4. The second-order valence-electron chi connectivity index (χ2n) is 6.73. The van der Waals surface area contributed by atoms with E-state index in [0.29, 0.717) is 18.0 Å².